The molecule has 0 aliphatic heterocycles. The largest absolute Gasteiger partial charge is 0.364 e. The van der Waals surface area contributed by atoms with Gasteiger partial charge in [0, 0.05) is 16.8 Å². The number of allylic oxidation sites excluding steroid dienone is 1. The Morgan fingerprint density at radius 1 is 1.43 bits per heavy atom. The van der Waals surface area contributed by atoms with Crippen LogP contribution < -0.4 is 16.9 Å². The first kappa shape index (κ1) is 17.0. The van der Waals surface area contributed by atoms with Crippen LogP contribution in [0.1, 0.15) is 24.3 Å². The molecule has 1 heterocycles. The molecular weight excluding hydrogens is 312 g/mol. The standard InChI is InChI=1S/C15H20N6OS/c1-4-12(21(17)5-2)18-13-10-8-9(23-3)6-7-11(10)19-20-14(13)15(16)22/h4,6-8H,5,17H2,1-3H3,(H2,16,22)(H,18,19)/b12-4-. The fourth-order valence-corrected chi connectivity index (χ4v) is 2.56. The Balaban J connectivity index is 2.65. The molecule has 7 nitrogen and oxygen atoms in total. The Hall–Kier alpha value is -2.32. The lowest BCUT2D eigenvalue weighted by molar-refractivity contribution is 0.0995. The Bertz CT molecular complexity index is 761. The van der Waals surface area contributed by atoms with Crippen molar-refractivity contribution in [3.8, 4) is 0 Å². The predicted octanol–water partition coefficient (Wildman–Crippen LogP) is 1.92. The van der Waals surface area contributed by atoms with Gasteiger partial charge in [0.15, 0.2) is 5.69 Å². The molecule has 5 N–H and O–H groups in total. The molecule has 0 atom stereocenters. The number of thioether (sulfide) groups is 1. The van der Waals surface area contributed by atoms with Gasteiger partial charge in [-0.3, -0.25) is 9.80 Å². The summed E-state index contributed by atoms with van der Waals surface area (Å²) in [5, 5.41) is 13.5. The number of hydrogen-bond acceptors (Lipinski definition) is 7. The number of nitrogens with one attached hydrogen (secondary N) is 1. The van der Waals surface area contributed by atoms with Crippen molar-refractivity contribution in [1.82, 2.24) is 15.2 Å². The normalized spacial score (nSPS) is 11.6. The second-order valence-corrected chi connectivity index (χ2v) is 5.64. The van der Waals surface area contributed by atoms with Crippen LogP contribution >= 0.6 is 11.8 Å². The molecule has 23 heavy (non-hydrogen) atoms. The van der Waals surface area contributed by atoms with Crippen molar-refractivity contribution in [1.29, 1.82) is 0 Å². The summed E-state index contributed by atoms with van der Waals surface area (Å²) in [4.78, 5) is 12.8. The van der Waals surface area contributed by atoms with E-state index >= 15 is 0 Å². The molecular formula is C15H20N6OS. The van der Waals surface area contributed by atoms with Crippen molar-refractivity contribution in [2.75, 3.05) is 18.1 Å². The maximum absolute atomic E-state index is 11.7. The number of fused-ring (bicyclic) bond motifs is 1. The molecule has 0 bridgehead atoms. The third-order valence-electron chi connectivity index (χ3n) is 3.38. The third kappa shape index (κ3) is 3.54. The van der Waals surface area contributed by atoms with Gasteiger partial charge in [0.05, 0.1) is 11.2 Å². The predicted molar refractivity (Wildman–Crippen MR) is 93.8 cm³/mol. The Morgan fingerprint density at radius 3 is 2.74 bits per heavy atom. The summed E-state index contributed by atoms with van der Waals surface area (Å²) in [6.45, 7) is 4.38. The van der Waals surface area contributed by atoms with Crippen molar-refractivity contribution in [2.24, 2.45) is 11.6 Å². The van der Waals surface area contributed by atoms with Crippen LogP contribution in [0.5, 0.6) is 0 Å². The summed E-state index contributed by atoms with van der Waals surface area (Å²) < 4.78 is 0. The molecule has 1 amide bonds. The highest BCUT2D eigenvalue weighted by atomic mass is 32.2. The molecule has 0 radical (unpaired) electrons. The van der Waals surface area contributed by atoms with Crippen LogP contribution in [-0.4, -0.2) is 33.9 Å². The van der Waals surface area contributed by atoms with E-state index in [0.717, 1.165) is 10.3 Å². The number of nitrogens with two attached hydrogens (primary N) is 2. The topological polar surface area (TPSA) is 110 Å². The Labute approximate surface area is 139 Å². The summed E-state index contributed by atoms with van der Waals surface area (Å²) in [6.07, 6.45) is 3.80. The number of hydrogen-bond donors (Lipinski definition) is 3. The zero-order chi connectivity index (χ0) is 17.0. The molecule has 0 saturated carbocycles. The summed E-state index contributed by atoms with van der Waals surface area (Å²) in [5.41, 5.74) is 6.72. The van der Waals surface area contributed by atoms with Gasteiger partial charge in [-0.05, 0) is 44.4 Å². The molecule has 0 fully saturated rings. The number of hydrazine groups is 1. The van der Waals surface area contributed by atoms with E-state index < -0.39 is 5.91 Å². The maximum Gasteiger partial charge on any atom is 0.271 e. The molecule has 8 heteroatoms. The van der Waals surface area contributed by atoms with Crippen molar-refractivity contribution in [2.45, 2.75) is 18.7 Å². The zero-order valence-corrected chi connectivity index (χ0v) is 14.1. The van der Waals surface area contributed by atoms with E-state index in [9.17, 15) is 4.79 Å². The lowest BCUT2D eigenvalue weighted by atomic mass is 10.1. The fourth-order valence-electron chi connectivity index (χ4n) is 2.12. The third-order valence-corrected chi connectivity index (χ3v) is 4.10. The van der Waals surface area contributed by atoms with Crippen LogP contribution in [0.25, 0.3) is 10.9 Å². The maximum atomic E-state index is 11.7. The molecule has 2 aromatic rings. The second-order valence-electron chi connectivity index (χ2n) is 4.76. The van der Waals surface area contributed by atoms with Gasteiger partial charge >= 0.3 is 0 Å². The van der Waals surface area contributed by atoms with Gasteiger partial charge in [-0.2, -0.15) is 0 Å². The Kier molecular flexibility index (Phi) is 5.41. The minimum Gasteiger partial charge on any atom is -0.364 e. The summed E-state index contributed by atoms with van der Waals surface area (Å²) in [5.74, 6) is 5.95. The summed E-state index contributed by atoms with van der Waals surface area (Å²) in [7, 11) is 0. The van der Waals surface area contributed by atoms with E-state index in [4.69, 9.17) is 11.6 Å². The lowest BCUT2D eigenvalue weighted by Crippen LogP contribution is -2.34. The first-order valence-electron chi connectivity index (χ1n) is 7.11. The number of amides is 1. The van der Waals surface area contributed by atoms with Crippen molar-refractivity contribution in [3.63, 3.8) is 0 Å². The van der Waals surface area contributed by atoms with Crippen molar-refractivity contribution < 1.29 is 4.79 Å². The highest BCUT2D eigenvalue weighted by Crippen LogP contribution is 2.29. The van der Waals surface area contributed by atoms with Crippen molar-refractivity contribution in [3.05, 3.63) is 35.8 Å². The number of nitrogens with zero attached hydrogens (tertiary/aromatic N) is 3. The number of primary amides is 1. The van der Waals surface area contributed by atoms with E-state index in [2.05, 4.69) is 15.5 Å². The quantitative estimate of drug-likeness (QED) is 0.421. The average molecular weight is 332 g/mol. The van der Waals surface area contributed by atoms with Crippen molar-refractivity contribution >= 4 is 34.3 Å². The van der Waals surface area contributed by atoms with E-state index in [1.54, 1.807) is 11.8 Å². The van der Waals surface area contributed by atoms with Crippen LogP contribution in [0, 0.1) is 0 Å². The highest BCUT2D eigenvalue weighted by molar-refractivity contribution is 7.98. The van der Waals surface area contributed by atoms with E-state index in [0.29, 0.717) is 23.6 Å². The summed E-state index contributed by atoms with van der Waals surface area (Å²) in [6, 6.07) is 5.76. The summed E-state index contributed by atoms with van der Waals surface area (Å²) >= 11 is 1.60. The number of carbonyl (C=O) groups is 1. The van der Waals surface area contributed by atoms with E-state index in [1.165, 1.54) is 5.01 Å². The first-order valence-corrected chi connectivity index (χ1v) is 8.34. The number of aromatic nitrogens is 2. The first-order chi connectivity index (χ1) is 11.0. The minimum absolute atomic E-state index is 0.0830. The molecule has 0 aliphatic rings. The van der Waals surface area contributed by atoms with Crippen LogP contribution in [0.15, 0.2) is 35.0 Å². The molecule has 0 saturated heterocycles. The van der Waals surface area contributed by atoms with E-state index in [1.807, 2.05) is 44.4 Å². The molecule has 2 rings (SSSR count). The molecule has 1 aromatic heterocycles. The van der Waals surface area contributed by atoms with Crippen LogP contribution in [0.3, 0.4) is 0 Å². The second kappa shape index (κ2) is 7.30. The van der Waals surface area contributed by atoms with Crippen LogP contribution in [-0.2, 0) is 0 Å². The molecule has 0 unspecified atom stereocenters. The lowest BCUT2D eigenvalue weighted by Gasteiger charge is -2.22. The smallest absolute Gasteiger partial charge is 0.271 e. The number of anilines is 1. The zero-order valence-electron chi connectivity index (χ0n) is 13.3. The highest BCUT2D eigenvalue weighted by Gasteiger charge is 2.17. The minimum atomic E-state index is -0.646. The van der Waals surface area contributed by atoms with Gasteiger partial charge in [-0.25, -0.2) is 5.84 Å². The van der Waals surface area contributed by atoms with E-state index in [-0.39, 0.29) is 5.69 Å². The van der Waals surface area contributed by atoms with Crippen LogP contribution in [0.2, 0.25) is 0 Å². The molecule has 1 aromatic carbocycles. The monoisotopic (exact) mass is 332 g/mol. The molecule has 122 valence electrons. The number of benzene rings is 1. The number of rotatable bonds is 6. The van der Waals surface area contributed by atoms with Gasteiger partial charge in [-0.1, -0.05) is 0 Å². The fraction of sp³-hybridized carbons (Fsp3) is 0.267. The van der Waals surface area contributed by atoms with Gasteiger partial charge in [-0.15, -0.1) is 22.0 Å². The number of carbonyl (C=O) groups excluding carboxylic acids is 1. The Morgan fingerprint density at radius 2 is 2.17 bits per heavy atom. The molecule has 0 aliphatic carbocycles. The SMILES string of the molecule is C/C=C(/Nc1c(C(N)=O)nnc2ccc(SC)cc12)N(N)CC. The van der Waals surface area contributed by atoms with Gasteiger partial charge in [0.2, 0.25) is 0 Å². The average Bonchev–Trinajstić information content (AvgIpc) is 2.57. The molecule has 0 spiro atoms. The van der Waals surface area contributed by atoms with Gasteiger partial charge in [0.1, 0.15) is 5.82 Å². The van der Waals surface area contributed by atoms with Gasteiger partial charge in [0.25, 0.3) is 5.91 Å². The van der Waals surface area contributed by atoms with Gasteiger partial charge < -0.3 is 11.1 Å². The van der Waals surface area contributed by atoms with Crippen LogP contribution in [0.4, 0.5) is 5.69 Å².